The second-order valence-corrected chi connectivity index (χ2v) is 8.24. The molecule has 2 aromatic rings. The first-order chi connectivity index (χ1) is 14.2. The summed E-state index contributed by atoms with van der Waals surface area (Å²) in [4.78, 5) is 15.0. The summed E-state index contributed by atoms with van der Waals surface area (Å²) in [6.07, 6.45) is 5.80. The number of amides is 2. The number of benzene rings is 2. The van der Waals surface area contributed by atoms with Gasteiger partial charge in [0.05, 0.1) is 7.11 Å². The number of carbonyl (C=O) groups excluding carboxylic acids is 1. The summed E-state index contributed by atoms with van der Waals surface area (Å²) in [5.74, 6) is 0.901. The summed E-state index contributed by atoms with van der Waals surface area (Å²) in [5, 5.41) is 6.22. The number of fused-ring (bicyclic) bond motifs is 2. The predicted molar refractivity (Wildman–Crippen MR) is 115 cm³/mol. The van der Waals surface area contributed by atoms with Gasteiger partial charge in [-0.1, -0.05) is 48.9 Å². The average molecular weight is 394 g/mol. The Kier molecular flexibility index (Phi) is 6.35. The van der Waals surface area contributed by atoms with Crippen LogP contribution in [0.3, 0.4) is 0 Å². The maximum atomic E-state index is 12.4. The molecule has 3 atom stereocenters. The van der Waals surface area contributed by atoms with Gasteiger partial charge in [-0.15, -0.1) is 0 Å². The molecule has 2 aliphatic rings. The molecule has 2 aliphatic heterocycles. The summed E-state index contributed by atoms with van der Waals surface area (Å²) < 4.78 is 5.27. The molecule has 154 valence electrons. The molecule has 0 spiro atoms. The Morgan fingerprint density at radius 2 is 1.69 bits per heavy atom. The molecule has 5 nitrogen and oxygen atoms in total. The normalized spacial score (nSPS) is 24.0. The highest BCUT2D eigenvalue weighted by atomic mass is 16.5. The molecule has 4 rings (SSSR count). The number of piperidine rings is 2. The zero-order chi connectivity index (χ0) is 20.1. The lowest BCUT2D eigenvalue weighted by molar-refractivity contribution is 0.0197. The van der Waals surface area contributed by atoms with Gasteiger partial charge in [-0.3, -0.25) is 4.90 Å². The third kappa shape index (κ3) is 5.10. The third-order valence-electron chi connectivity index (χ3n) is 6.28. The van der Waals surface area contributed by atoms with E-state index in [1.165, 1.54) is 24.8 Å². The van der Waals surface area contributed by atoms with E-state index in [1.807, 2.05) is 42.5 Å². The molecule has 0 aliphatic carbocycles. The van der Waals surface area contributed by atoms with E-state index in [0.717, 1.165) is 30.7 Å². The summed E-state index contributed by atoms with van der Waals surface area (Å²) in [7, 11) is 1.70. The van der Waals surface area contributed by atoms with Crippen LogP contribution in [-0.2, 0) is 13.1 Å². The van der Waals surface area contributed by atoms with Crippen LogP contribution in [0.25, 0.3) is 0 Å². The van der Waals surface area contributed by atoms with Gasteiger partial charge in [0.2, 0.25) is 0 Å². The predicted octanol–water partition coefficient (Wildman–Crippen LogP) is 4.08. The summed E-state index contributed by atoms with van der Waals surface area (Å²) >= 11 is 0. The van der Waals surface area contributed by atoms with Crippen LogP contribution in [0.5, 0.6) is 5.75 Å². The Hall–Kier alpha value is -2.53. The number of rotatable bonds is 6. The highest BCUT2D eigenvalue weighted by Gasteiger charge is 2.38. The van der Waals surface area contributed by atoms with Crippen LogP contribution in [0.2, 0.25) is 0 Å². The molecule has 1 unspecified atom stereocenters. The lowest BCUT2D eigenvalue weighted by Crippen LogP contribution is -2.57. The Labute approximate surface area is 173 Å². The van der Waals surface area contributed by atoms with Crippen molar-refractivity contribution in [2.75, 3.05) is 7.11 Å². The van der Waals surface area contributed by atoms with Crippen LogP contribution in [0.1, 0.15) is 43.2 Å². The van der Waals surface area contributed by atoms with Gasteiger partial charge in [0.15, 0.2) is 0 Å². The van der Waals surface area contributed by atoms with Gasteiger partial charge in [0.1, 0.15) is 5.75 Å². The van der Waals surface area contributed by atoms with Gasteiger partial charge in [0.25, 0.3) is 0 Å². The number of methoxy groups -OCH3 is 1. The maximum Gasteiger partial charge on any atom is 0.315 e. The van der Waals surface area contributed by atoms with Crippen molar-refractivity contribution in [1.82, 2.24) is 15.5 Å². The lowest BCUT2D eigenvalue weighted by Gasteiger charge is -2.49. The Morgan fingerprint density at radius 1 is 1.00 bits per heavy atom. The van der Waals surface area contributed by atoms with Crippen LogP contribution in [-0.4, -0.2) is 36.2 Å². The van der Waals surface area contributed by atoms with Crippen molar-refractivity contribution in [1.29, 1.82) is 0 Å². The van der Waals surface area contributed by atoms with E-state index in [1.54, 1.807) is 7.11 Å². The number of nitrogens with one attached hydrogen (secondary N) is 2. The molecule has 2 amide bonds. The Balaban J connectivity index is 1.31. The topological polar surface area (TPSA) is 53.6 Å². The van der Waals surface area contributed by atoms with Crippen molar-refractivity contribution in [3.63, 3.8) is 0 Å². The molecule has 2 aromatic carbocycles. The first kappa shape index (κ1) is 19.8. The van der Waals surface area contributed by atoms with Gasteiger partial charge in [-0.05, 0) is 48.9 Å². The first-order valence-corrected chi connectivity index (χ1v) is 10.7. The van der Waals surface area contributed by atoms with Crippen molar-refractivity contribution < 1.29 is 9.53 Å². The fourth-order valence-corrected chi connectivity index (χ4v) is 4.81. The van der Waals surface area contributed by atoms with Gasteiger partial charge in [-0.25, -0.2) is 4.79 Å². The smallest absolute Gasteiger partial charge is 0.315 e. The lowest BCUT2D eigenvalue weighted by atomic mass is 9.81. The Bertz CT molecular complexity index is 780. The molecule has 2 bridgehead atoms. The quantitative estimate of drug-likeness (QED) is 0.778. The summed E-state index contributed by atoms with van der Waals surface area (Å²) in [5.41, 5.74) is 2.45. The third-order valence-corrected chi connectivity index (χ3v) is 6.28. The number of carbonyl (C=O) groups is 1. The van der Waals surface area contributed by atoms with Crippen molar-refractivity contribution in [3.8, 4) is 5.75 Å². The standard InChI is InChI=1S/C24H31N3O2/c1-29-23-12-10-19(11-13-23)17-27-21-8-5-9-22(27)15-20(14-21)26-24(28)25-16-18-6-3-2-4-7-18/h2-4,6-7,10-13,20-22H,5,8-9,14-17H2,1H3,(H2,25,26,28)/t20?,21-,22+. The number of ether oxygens (including phenoxy) is 1. The van der Waals surface area contributed by atoms with E-state index < -0.39 is 0 Å². The average Bonchev–Trinajstić information content (AvgIpc) is 2.74. The van der Waals surface area contributed by atoms with Gasteiger partial charge < -0.3 is 15.4 Å². The van der Waals surface area contributed by atoms with Crippen molar-refractivity contribution in [3.05, 3.63) is 65.7 Å². The monoisotopic (exact) mass is 393 g/mol. The largest absolute Gasteiger partial charge is 0.497 e. The number of hydrogen-bond acceptors (Lipinski definition) is 3. The highest BCUT2D eigenvalue weighted by molar-refractivity contribution is 5.74. The molecule has 2 fully saturated rings. The Morgan fingerprint density at radius 3 is 2.34 bits per heavy atom. The van der Waals surface area contributed by atoms with Gasteiger partial charge >= 0.3 is 6.03 Å². The van der Waals surface area contributed by atoms with Gasteiger partial charge in [-0.2, -0.15) is 0 Å². The van der Waals surface area contributed by atoms with Crippen LogP contribution >= 0.6 is 0 Å². The second-order valence-electron chi connectivity index (χ2n) is 8.24. The molecule has 2 N–H and O–H groups in total. The molecule has 2 saturated heterocycles. The number of hydrogen-bond donors (Lipinski definition) is 2. The second kappa shape index (κ2) is 9.31. The maximum absolute atomic E-state index is 12.4. The molecule has 2 heterocycles. The van der Waals surface area contributed by atoms with E-state index in [2.05, 4.69) is 27.7 Å². The zero-order valence-electron chi connectivity index (χ0n) is 17.1. The number of urea groups is 1. The minimum atomic E-state index is -0.0551. The fraction of sp³-hybridized carbons (Fsp3) is 0.458. The molecular weight excluding hydrogens is 362 g/mol. The highest BCUT2D eigenvalue weighted by Crippen LogP contribution is 2.35. The van der Waals surface area contributed by atoms with Crippen LogP contribution in [0, 0.1) is 0 Å². The van der Waals surface area contributed by atoms with E-state index >= 15 is 0 Å². The molecule has 0 aromatic heterocycles. The molecule has 29 heavy (non-hydrogen) atoms. The van der Waals surface area contributed by atoms with E-state index in [9.17, 15) is 4.79 Å². The van der Waals surface area contributed by atoms with Crippen LogP contribution in [0.15, 0.2) is 54.6 Å². The van der Waals surface area contributed by atoms with Crippen LogP contribution in [0.4, 0.5) is 4.79 Å². The number of nitrogens with zero attached hydrogens (tertiary/aromatic N) is 1. The van der Waals surface area contributed by atoms with Crippen molar-refractivity contribution in [2.24, 2.45) is 0 Å². The fourth-order valence-electron chi connectivity index (χ4n) is 4.81. The minimum Gasteiger partial charge on any atom is -0.497 e. The van der Waals surface area contributed by atoms with E-state index in [-0.39, 0.29) is 12.1 Å². The van der Waals surface area contributed by atoms with Crippen LogP contribution < -0.4 is 15.4 Å². The SMILES string of the molecule is COc1ccc(CN2[C@@H]3CCC[C@H]2CC(NC(=O)NCc2ccccc2)C3)cc1. The first-order valence-electron chi connectivity index (χ1n) is 10.7. The van der Waals surface area contributed by atoms with Crippen molar-refractivity contribution in [2.45, 2.75) is 63.3 Å². The van der Waals surface area contributed by atoms with E-state index in [4.69, 9.17) is 4.74 Å². The molecule has 0 radical (unpaired) electrons. The van der Waals surface area contributed by atoms with Gasteiger partial charge in [0, 0.05) is 31.2 Å². The van der Waals surface area contributed by atoms with Crippen molar-refractivity contribution >= 4 is 6.03 Å². The molecular formula is C24H31N3O2. The summed E-state index contributed by atoms with van der Waals surface area (Å²) in [6, 6.07) is 19.7. The minimum absolute atomic E-state index is 0.0551. The summed E-state index contributed by atoms with van der Waals surface area (Å²) in [6.45, 7) is 1.54. The molecule has 0 saturated carbocycles. The zero-order valence-corrected chi connectivity index (χ0v) is 17.1. The van der Waals surface area contributed by atoms with E-state index in [0.29, 0.717) is 18.6 Å². The molecule has 5 heteroatoms.